The molecule has 4 nitrogen and oxygen atoms in total. The maximum absolute atomic E-state index is 14.6. The third-order valence-electron chi connectivity index (χ3n) is 14.2. The molecule has 4 aromatic rings. The molecule has 2 aliphatic rings. The molecule has 342 valence electrons. The highest BCUT2D eigenvalue weighted by molar-refractivity contribution is 7.28. The van der Waals surface area contributed by atoms with E-state index in [-0.39, 0.29) is 11.8 Å². The van der Waals surface area contributed by atoms with Crippen molar-refractivity contribution >= 4 is 79.0 Å². The average Bonchev–Trinajstić information content (AvgIpc) is 4.09. The second kappa shape index (κ2) is 21.2. The lowest BCUT2D eigenvalue weighted by Gasteiger charge is -2.38. The fourth-order valence-corrected chi connectivity index (χ4v) is 25.7. The Hall–Kier alpha value is -3.23. The maximum atomic E-state index is 14.6. The zero-order valence-corrected chi connectivity index (χ0v) is 46.3. The van der Waals surface area contributed by atoms with Gasteiger partial charge in [-0.3, -0.25) is 9.59 Å². The topological polar surface area (TPSA) is 40.6 Å². The molecular weight excluding hydrogens is 893 g/mol. The van der Waals surface area contributed by atoms with E-state index in [1.165, 1.54) is 29.3 Å². The highest BCUT2D eigenvalue weighted by atomic mass is 32.1. The predicted molar refractivity (Wildman–Crippen MR) is 287 cm³/mol. The van der Waals surface area contributed by atoms with Crippen molar-refractivity contribution in [3.63, 3.8) is 0 Å². The minimum atomic E-state index is -1.79. The Labute approximate surface area is 404 Å². The first-order chi connectivity index (χ1) is 30.4. The van der Waals surface area contributed by atoms with Gasteiger partial charge in [0.15, 0.2) is 0 Å². The third kappa shape index (κ3) is 9.90. The molecule has 0 radical (unpaired) electrons. The molecule has 0 unspecified atom stereocenters. The molecule has 0 aromatic carbocycles. The molecule has 0 saturated carbocycles. The zero-order chi connectivity index (χ0) is 46.7. The summed E-state index contributed by atoms with van der Waals surface area (Å²) in [5.41, 5.74) is 14.1. The summed E-state index contributed by atoms with van der Waals surface area (Å²) in [6.45, 7) is 33.6. The van der Waals surface area contributed by atoms with E-state index in [2.05, 4.69) is 161 Å². The van der Waals surface area contributed by atoms with Crippen LogP contribution in [0.3, 0.4) is 0 Å². The summed E-state index contributed by atoms with van der Waals surface area (Å²) in [7, 11) is -3.56. The van der Waals surface area contributed by atoms with E-state index >= 15 is 0 Å². The molecular formula is C54H72N2O2S4Si2. The molecule has 0 spiro atoms. The van der Waals surface area contributed by atoms with Crippen LogP contribution in [0.2, 0.25) is 33.2 Å². The first-order valence-electron chi connectivity index (χ1n) is 23.8. The van der Waals surface area contributed by atoms with Gasteiger partial charge in [0.05, 0.1) is 21.7 Å². The van der Waals surface area contributed by atoms with Crippen LogP contribution in [-0.2, 0) is 9.59 Å². The molecule has 0 N–H and O–H groups in total. The number of carbonyl (C=O) groups excluding carboxylic acids is 2. The van der Waals surface area contributed by atoms with Crippen LogP contribution in [0.1, 0.15) is 138 Å². The van der Waals surface area contributed by atoms with Gasteiger partial charge in [-0.2, -0.15) is 0 Å². The summed E-state index contributed by atoms with van der Waals surface area (Å²) >= 11 is 7.17. The fourth-order valence-electron chi connectivity index (χ4n) is 10.9. The number of hydrogen-bond donors (Lipinski definition) is 0. The van der Waals surface area contributed by atoms with Crippen molar-refractivity contribution in [3.8, 4) is 52.2 Å². The van der Waals surface area contributed by atoms with Gasteiger partial charge in [-0.05, 0) is 121 Å². The van der Waals surface area contributed by atoms with Crippen molar-refractivity contribution in [3.05, 3.63) is 75.1 Å². The van der Waals surface area contributed by atoms with E-state index in [1.54, 1.807) is 22.7 Å². The van der Waals surface area contributed by atoms with Gasteiger partial charge in [0.25, 0.3) is 11.8 Å². The van der Waals surface area contributed by atoms with Gasteiger partial charge in [-0.1, -0.05) is 83.1 Å². The first-order valence-corrected chi connectivity index (χ1v) is 31.6. The molecule has 0 bridgehead atoms. The van der Waals surface area contributed by atoms with E-state index in [4.69, 9.17) is 0 Å². The van der Waals surface area contributed by atoms with Crippen LogP contribution in [-0.4, -0.2) is 50.9 Å². The van der Waals surface area contributed by atoms with Crippen molar-refractivity contribution < 1.29 is 9.59 Å². The molecule has 0 atom stereocenters. The largest absolute Gasteiger partial charge is 0.312 e. The van der Waals surface area contributed by atoms with Gasteiger partial charge in [0.1, 0.15) is 16.1 Å². The highest BCUT2D eigenvalue weighted by Gasteiger charge is 2.47. The number of thiophene rings is 4. The minimum Gasteiger partial charge on any atom is -0.312 e. The Bertz CT molecular complexity index is 2450. The molecule has 2 aliphatic heterocycles. The van der Waals surface area contributed by atoms with Crippen molar-refractivity contribution in [2.24, 2.45) is 0 Å². The molecule has 0 saturated heterocycles. The van der Waals surface area contributed by atoms with Crippen molar-refractivity contribution in [2.45, 2.75) is 169 Å². The standard InChI is InChI=1S/C54H72N2O2S4Si2/c1-35(2)63(36(3)4,37(5)6)33-21-17-15-19-31-55-42(14)50-51(54(55)58)52(56(53(50)57)32-20-16-18-22-34-64(38(7)8,39(9)10)40(11)12)49-30-29-48(62-49)47-28-27-46(61-47)45-26-25-44(60-45)43-24-23-41(13)59-43/h23-30,35-40H,15-20,31-32H2,1-14H3. The maximum Gasteiger partial charge on any atom is 0.261 e. The monoisotopic (exact) mass is 964 g/mol. The van der Waals surface area contributed by atoms with E-state index in [9.17, 15) is 9.59 Å². The molecule has 2 amide bonds. The summed E-state index contributed by atoms with van der Waals surface area (Å²) in [5, 5.41) is 0. The summed E-state index contributed by atoms with van der Waals surface area (Å²) in [6.07, 6.45) is 5.19. The van der Waals surface area contributed by atoms with Crippen LogP contribution in [0.15, 0.2) is 65.4 Å². The van der Waals surface area contributed by atoms with Gasteiger partial charge in [0.2, 0.25) is 0 Å². The van der Waals surface area contributed by atoms with Crippen LogP contribution in [0, 0.1) is 29.9 Å². The Kier molecular flexibility index (Phi) is 16.6. The summed E-state index contributed by atoms with van der Waals surface area (Å²) in [5.74, 6) is 7.16. The van der Waals surface area contributed by atoms with Crippen LogP contribution in [0.4, 0.5) is 0 Å². The van der Waals surface area contributed by atoms with E-state index in [1.807, 2.05) is 39.4 Å². The number of rotatable bonds is 18. The summed E-state index contributed by atoms with van der Waals surface area (Å²) in [4.78, 5) is 42.7. The lowest BCUT2D eigenvalue weighted by atomic mass is 10.1. The molecule has 0 aliphatic carbocycles. The SMILES string of the molecule is CC1=C2C(=O)N(CCCCC#C[Si](C(C)C)(C(C)C)C(C)C)C(c3ccc(-c4ccc(-c5ccc(-c6ccc(C)s6)s5)s4)s3)=C2C(=O)N1CCCCC#C[Si](C(C)C)(C(C)C)C(C)C. The Morgan fingerprint density at radius 2 is 0.797 bits per heavy atom. The fraction of sp³-hybridized carbons (Fsp3) is 0.519. The Balaban J connectivity index is 1.23. The van der Waals surface area contributed by atoms with E-state index in [0.29, 0.717) is 57.5 Å². The van der Waals surface area contributed by atoms with Gasteiger partial charge < -0.3 is 9.80 Å². The number of fused-ring (bicyclic) bond motifs is 1. The van der Waals surface area contributed by atoms with Crippen LogP contribution in [0.5, 0.6) is 0 Å². The zero-order valence-electron chi connectivity index (χ0n) is 41.1. The van der Waals surface area contributed by atoms with E-state index in [0.717, 1.165) is 59.7 Å². The lowest BCUT2D eigenvalue weighted by molar-refractivity contribution is -0.124. The number of amides is 2. The van der Waals surface area contributed by atoms with Gasteiger partial charge in [0, 0.05) is 65.8 Å². The molecule has 6 heterocycles. The third-order valence-corrected chi connectivity index (χ3v) is 31.7. The predicted octanol–water partition coefficient (Wildman–Crippen LogP) is 16.7. The van der Waals surface area contributed by atoms with Gasteiger partial charge in [-0.25, -0.2) is 0 Å². The molecule has 64 heavy (non-hydrogen) atoms. The van der Waals surface area contributed by atoms with Crippen molar-refractivity contribution in [1.82, 2.24) is 9.80 Å². The second-order valence-corrected chi connectivity index (χ2v) is 35.5. The number of aryl methyl sites for hydroxylation is 1. The van der Waals surface area contributed by atoms with Gasteiger partial charge in [-0.15, -0.1) is 68.3 Å². The number of carbonyl (C=O) groups is 2. The smallest absolute Gasteiger partial charge is 0.261 e. The number of allylic oxidation sites excluding steroid dienone is 1. The normalized spacial score (nSPS) is 14.8. The van der Waals surface area contributed by atoms with Gasteiger partial charge >= 0.3 is 0 Å². The van der Waals surface area contributed by atoms with Crippen LogP contribution >= 0.6 is 45.3 Å². The number of nitrogens with zero attached hydrogens (tertiary/aromatic N) is 2. The van der Waals surface area contributed by atoms with Crippen molar-refractivity contribution in [1.29, 1.82) is 0 Å². The van der Waals surface area contributed by atoms with Crippen LogP contribution < -0.4 is 0 Å². The number of unbranched alkanes of at least 4 members (excludes halogenated alkanes) is 4. The van der Waals surface area contributed by atoms with Crippen molar-refractivity contribution in [2.75, 3.05) is 13.1 Å². The molecule has 6 rings (SSSR count). The van der Waals surface area contributed by atoms with Crippen LogP contribution in [0.25, 0.3) is 35.0 Å². The Morgan fingerprint density at radius 1 is 0.453 bits per heavy atom. The lowest BCUT2D eigenvalue weighted by Crippen LogP contribution is -2.43. The average molecular weight is 966 g/mol. The molecule has 0 fully saturated rings. The summed E-state index contributed by atoms with van der Waals surface area (Å²) < 4.78 is 0. The second-order valence-electron chi connectivity index (χ2n) is 19.8. The highest BCUT2D eigenvalue weighted by Crippen LogP contribution is 2.48. The molecule has 4 aromatic heterocycles. The number of hydrogen-bond acceptors (Lipinski definition) is 6. The molecule has 10 heteroatoms. The minimum absolute atomic E-state index is 0.0405. The quantitative estimate of drug-likeness (QED) is 0.0566. The van der Waals surface area contributed by atoms with E-state index < -0.39 is 16.1 Å². The summed E-state index contributed by atoms with van der Waals surface area (Å²) in [6, 6.07) is 17.6. The Morgan fingerprint density at radius 3 is 1.19 bits per heavy atom. The first kappa shape index (κ1) is 50.2.